The number of aliphatic hydroxyl groups excluding tert-OH is 1. The number of nitrogens with one attached hydrogen (secondary N) is 1. The molecule has 10 heteroatoms. The van der Waals surface area contributed by atoms with Crippen LogP contribution in [0.1, 0.15) is 23.3 Å². The molecule has 0 saturated carbocycles. The number of hydrogen-bond acceptors (Lipinski definition) is 9. The number of amides is 1. The van der Waals surface area contributed by atoms with Gasteiger partial charge in [-0.05, 0) is 31.9 Å². The minimum atomic E-state index is -0.994. The molecule has 0 saturated heterocycles. The van der Waals surface area contributed by atoms with E-state index in [-0.39, 0.29) is 22.9 Å². The fourth-order valence-corrected chi connectivity index (χ4v) is 3.73. The fraction of sp³-hybridized carbons (Fsp3) is 0.278. The van der Waals surface area contributed by atoms with Gasteiger partial charge in [-0.1, -0.05) is 11.3 Å². The van der Waals surface area contributed by atoms with Gasteiger partial charge in [0.1, 0.15) is 33.8 Å². The van der Waals surface area contributed by atoms with Crippen molar-refractivity contribution in [3.8, 4) is 22.5 Å². The number of nitrogens with zero attached hydrogens (tertiary/aromatic N) is 2. The predicted octanol–water partition coefficient (Wildman–Crippen LogP) is 2.88. The number of aryl methyl sites for hydroxylation is 2. The van der Waals surface area contributed by atoms with Crippen LogP contribution in [0.4, 0.5) is 16.3 Å². The van der Waals surface area contributed by atoms with Crippen LogP contribution >= 0.6 is 11.3 Å². The van der Waals surface area contributed by atoms with Crippen molar-refractivity contribution in [3.05, 3.63) is 23.0 Å². The van der Waals surface area contributed by atoms with Crippen LogP contribution < -0.4 is 21.5 Å². The Hall–Kier alpha value is -3.29. The molecule has 146 valence electrons. The smallest absolute Gasteiger partial charge is 0.410 e. The van der Waals surface area contributed by atoms with Crippen LogP contribution in [0.3, 0.4) is 0 Å². The third kappa shape index (κ3) is 3.45. The first kappa shape index (κ1) is 19.5. The van der Waals surface area contributed by atoms with Crippen molar-refractivity contribution in [1.82, 2.24) is 4.98 Å². The summed E-state index contributed by atoms with van der Waals surface area (Å²) < 4.78 is 10.8. The molecule has 3 rings (SSSR count). The number of pyridine rings is 1. The van der Waals surface area contributed by atoms with Crippen LogP contribution in [0.5, 0.6) is 5.06 Å². The van der Waals surface area contributed by atoms with Crippen LogP contribution in [0, 0.1) is 25.2 Å². The molecule has 0 atom stereocenters. The number of primary amides is 1. The van der Waals surface area contributed by atoms with E-state index in [1.807, 2.05) is 19.9 Å². The summed E-state index contributed by atoms with van der Waals surface area (Å²) in [6, 6.07) is 3.97. The number of nitrogen functional groups attached to an aromatic ring is 1. The number of furan rings is 1. The summed E-state index contributed by atoms with van der Waals surface area (Å²) in [6.45, 7) is 4.14. The number of nitrogens with two attached hydrogens (primary N) is 2. The lowest BCUT2D eigenvalue weighted by Gasteiger charge is -2.11. The second-order valence-corrected chi connectivity index (χ2v) is 7.04. The Bertz CT molecular complexity index is 1080. The maximum Gasteiger partial charge on any atom is 0.410 e. The van der Waals surface area contributed by atoms with Crippen molar-refractivity contribution < 1.29 is 19.1 Å². The molecule has 3 aromatic heterocycles. The number of aromatic nitrogens is 1. The number of carbonyl (C=O) groups is 1. The van der Waals surface area contributed by atoms with Crippen LogP contribution in [0.2, 0.25) is 0 Å². The maximum absolute atomic E-state index is 11.2. The number of anilines is 2. The fourth-order valence-electron chi connectivity index (χ4n) is 2.76. The zero-order valence-electron chi connectivity index (χ0n) is 15.3. The van der Waals surface area contributed by atoms with Gasteiger partial charge in [0, 0.05) is 13.2 Å². The highest BCUT2D eigenvalue weighted by Crippen LogP contribution is 2.47. The van der Waals surface area contributed by atoms with Gasteiger partial charge in [-0.25, -0.2) is 9.78 Å². The second-order valence-electron chi connectivity index (χ2n) is 6.08. The third-order valence-corrected chi connectivity index (χ3v) is 5.16. The van der Waals surface area contributed by atoms with Gasteiger partial charge in [-0.3, -0.25) is 0 Å². The zero-order chi connectivity index (χ0) is 20.4. The summed E-state index contributed by atoms with van der Waals surface area (Å²) in [5.74, 6) is 1.50. The lowest BCUT2D eigenvalue weighted by Crippen LogP contribution is -2.16. The van der Waals surface area contributed by atoms with Gasteiger partial charge in [-0.15, -0.1) is 0 Å². The summed E-state index contributed by atoms with van der Waals surface area (Å²) >= 11 is 1.05. The van der Waals surface area contributed by atoms with Crippen LogP contribution in [0.15, 0.2) is 10.5 Å². The minimum absolute atomic E-state index is 0.00309. The zero-order valence-corrected chi connectivity index (χ0v) is 16.1. The van der Waals surface area contributed by atoms with Gasteiger partial charge < -0.3 is 31.0 Å². The molecule has 3 aromatic rings. The summed E-state index contributed by atoms with van der Waals surface area (Å²) in [5, 5.41) is 22.5. The normalized spacial score (nSPS) is 10.8. The number of fused-ring (bicyclic) bond motifs is 1. The first-order valence-electron chi connectivity index (χ1n) is 8.42. The van der Waals surface area contributed by atoms with Gasteiger partial charge in [0.15, 0.2) is 0 Å². The summed E-state index contributed by atoms with van der Waals surface area (Å²) in [5.41, 5.74) is 13.1. The lowest BCUT2D eigenvalue weighted by atomic mass is 10.0. The number of ether oxygens (including phenoxy) is 1. The summed E-state index contributed by atoms with van der Waals surface area (Å²) in [7, 11) is 0. The van der Waals surface area contributed by atoms with Crippen molar-refractivity contribution in [2.24, 2.45) is 5.73 Å². The monoisotopic (exact) mass is 401 g/mol. The van der Waals surface area contributed by atoms with Crippen LogP contribution in [-0.4, -0.2) is 29.3 Å². The molecule has 0 bridgehead atoms. The Morgan fingerprint density at radius 1 is 1.50 bits per heavy atom. The van der Waals surface area contributed by atoms with E-state index >= 15 is 0 Å². The second kappa shape index (κ2) is 7.75. The largest absolute Gasteiger partial charge is 0.461 e. The number of carbonyl (C=O) groups excluding carboxylic acids is 1. The Morgan fingerprint density at radius 2 is 2.25 bits per heavy atom. The van der Waals surface area contributed by atoms with Crippen molar-refractivity contribution in [2.45, 2.75) is 20.3 Å². The maximum atomic E-state index is 11.2. The molecule has 28 heavy (non-hydrogen) atoms. The average Bonchev–Trinajstić information content (AvgIpc) is 3.13. The van der Waals surface area contributed by atoms with E-state index in [4.69, 9.17) is 25.7 Å². The highest BCUT2D eigenvalue weighted by molar-refractivity contribution is 7.21. The minimum Gasteiger partial charge on any atom is -0.461 e. The van der Waals surface area contributed by atoms with Gasteiger partial charge in [0.05, 0.1) is 16.6 Å². The molecule has 0 aromatic carbocycles. The Morgan fingerprint density at radius 3 is 2.82 bits per heavy atom. The Labute approximate surface area is 164 Å². The molecule has 0 aliphatic carbocycles. The van der Waals surface area contributed by atoms with Gasteiger partial charge in [0.25, 0.3) is 0 Å². The molecule has 0 aliphatic heterocycles. The van der Waals surface area contributed by atoms with E-state index in [0.717, 1.165) is 16.9 Å². The van der Waals surface area contributed by atoms with Gasteiger partial charge >= 0.3 is 6.09 Å². The Balaban J connectivity index is 2.32. The molecular formula is C18H19N5O4S. The van der Waals surface area contributed by atoms with Gasteiger partial charge in [0.2, 0.25) is 5.06 Å². The first-order chi connectivity index (χ1) is 13.4. The van der Waals surface area contributed by atoms with E-state index in [1.54, 1.807) is 0 Å². The lowest BCUT2D eigenvalue weighted by molar-refractivity contribution is 0.212. The molecule has 0 radical (unpaired) electrons. The van der Waals surface area contributed by atoms with E-state index < -0.39 is 6.09 Å². The van der Waals surface area contributed by atoms with E-state index in [9.17, 15) is 10.1 Å². The average molecular weight is 401 g/mol. The van der Waals surface area contributed by atoms with Crippen molar-refractivity contribution in [1.29, 1.82) is 5.26 Å². The SMILES string of the molecule is Cc1cc(-c2c(C#N)c(NCCCO)nc3sc(OC(N)=O)c(N)c23)oc1C. The molecular weight excluding hydrogens is 382 g/mol. The molecule has 9 nitrogen and oxygen atoms in total. The summed E-state index contributed by atoms with van der Waals surface area (Å²) in [6.07, 6.45) is -0.507. The topological polar surface area (TPSA) is 160 Å². The molecule has 0 unspecified atom stereocenters. The quantitative estimate of drug-likeness (QED) is 0.458. The summed E-state index contributed by atoms with van der Waals surface area (Å²) in [4.78, 5) is 16.1. The van der Waals surface area contributed by atoms with E-state index in [0.29, 0.717) is 46.1 Å². The highest BCUT2D eigenvalue weighted by atomic mass is 32.1. The molecule has 0 aliphatic rings. The number of hydrogen-bond donors (Lipinski definition) is 4. The number of nitriles is 1. The van der Waals surface area contributed by atoms with Crippen LogP contribution in [0.25, 0.3) is 21.5 Å². The Kier molecular flexibility index (Phi) is 5.39. The number of thiophene rings is 1. The van der Waals surface area contributed by atoms with Crippen molar-refractivity contribution >= 4 is 39.2 Å². The standard InChI is InChI=1S/C18H19N5O4S/c1-8-6-11(26-9(8)2)12-10(7-19)15(22-4-3-5-24)23-16-13(12)14(20)17(28-16)27-18(21)25/h6,24H,3-5,20H2,1-2H3,(H2,21,25)(H,22,23). The highest BCUT2D eigenvalue weighted by Gasteiger charge is 2.25. The first-order valence-corrected chi connectivity index (χ1v) is 9.24. The van der Waals surface area contributed by atoms with Crippen LogP contribution in [-0.2, 0) is 0 Å². The number of rotatable bonds is 6. The molecule has 1 amide bonds. The van der Waals surface area contributed by atoms with Crippen molar-refractivity contribution in [2.75, 3.05) is 24.2 Å². The molecule has 0 fully saturated rings. The van der Waals surface area contributed by atoms with E-state index in [1.165, 1.54) is 0 Å². The van der Waals surface area contributed by atoms with Gasteiger partial charge in [-0.2, -0.15) is 5.26 Å². The molecule has 0 spiro atoms. The van der Waals surface area contributed by atoms with E-state index in [2.05, 4.69) is 16.4 Å². The predicted molar refractivity (Wildman–Crippen MR) is 106 cm³/mol. The third-order valence-electron chi connectivity index (χ3n) is 4.19. The molecule has 3 heterocycles. The number of aliphatic hydroxyl groups is 1. The molecule has 6 N–H and O–H groups in total. The van der Waals surface area contributed by atoms with Crippen molar-refractivity contribution in [3.63, 3.8) is 0 Å².